The monoisotopic (exact) mass is 302 g/mol. The van der Waals surface area contributed by atoms with Gasteiger partial charge in [-0.25, -0.2) is 9.18 Å². The topological polar surface area (TPSA) is 83.7 Å². The van der Waals surface area contributed by atoms with E-state index in [1.807, 2.05) is 13.2 Å². The third-order valence-corrected chi connectivity index (χ3v) is 3.76. The molecule has 1 atom stereocenters. The van der Waals surface area contributed by atoms with Crippen molar-refractivity contribution in [2.24, 2.45) is 0 Å². The third kappa shape index (κ3) is 3.38. The highest BCUT2D eigenvalue weighted by Crippen LogP contribution is 2.32. The highest BCUT2D eigenvalue weighted by atomic mass is 32.2. The number of halogens is 1. The van der Waals surface area contributed by atoms with Crippen LogP contribution >= 0.6 is 11.8 Å². The van der Waals surface area contributed by atoms with E-state index in [0.29, 0.717) is 5.75 Å². The van der Waals surface area contributed by atoms with Crippen LogP contribution < -0.4 is 4.90 Å². The molecule has 0 bridgehead atoms. The lowest BCUT2D eigenvalue weighted by molar-refractivity contribution is -0.384. The van der Waals surface area contributed by atoms with E-state index in [1.165, 1.54) is 0 Å². The normalized spacial score (nSPS) is 12.0. The molecule has 1 aromatic rings. The van der Waals surface area contributed by atoms with Gasteiger partial charge in [0.2, 0.25) is 0 Å². The number of aromatic carboxylic acids is 1. The Hall–Kier alpha value is -1.83. The summed E-state index contributed by atoms with van der Waals surface area (Å²) in [5.74, 6) is -1.81. The van der Waals surface area contributed by atoms with Gasteiger partial charge in [-0.05, 0) is 13.2 Å². The van der Waals surface area contributed by atoms with Crippen LogP contribution in [0.15, 0.2) is 12.1 Å². The van der Waals surface area contributed by atoms with Gasteiger partial charge in [-0.1, -0.05) is 0 Å². The number of carbonyl (C=O) groups is 1. The van der Waals surface area contributed by atoms with Gasteiger partial charge >= 0.3 is 5.97 Å². The SMILES string of the molecule is CSCC(C)N(C)c1cc(F)c(C(=O)O)cc1[N+](=O)[O-]. The molecule has 1 aromatic carbocycles. The molecular weight excluding hydrogens is 287 g/mol. The first-order valence-electron chi connectivity index (χ1n) is 5.72. The molecule has 0 aliphatic heterocycles. The van der Waals surface area contributed by atoms with Gasteiger partial charge in [-0.15, -0.1) is 0 Å². The second-order valence-corrected chi connectivity index (χ2v) is 5.21. The van der Waals surface area contributed by atoms with Gasteiger partial charge in [-0.3, -0.25) is 10.1 Å². The fraction of sp³-hybridized carbons (Fsp3) is 0.417. The molecule has 0 heterocycles. The summed E-state index contributed by atoms with van der Waals surface area (Å²) >= 11 is 1.56. The Bertz CT molecular complexity index is 538. The number of anilines is 1. The van der Waals surface area contributed by atoms with Crippen molar-refractivity contribution in [2.75, 3.05) is 24.0 Å². The van der Waals surface area contributed by atoms with Gasteiger partial charge in [0.15, 0.2) is 0 Å². The molecule has 0 spiro atoms. The lowest BCUT2D eigenvalue weighted by atomic mass is 10.1. The average molecular weight is 302 g/mol. The predicted octanol–water partition coefficient (Wildman–Crippen LogP) is 2.62. The van der Waals surface area contributed by atoms with E-state index in [0.717, 1.165) is 12.1 Å². The highest BCUT2D eigenvalue weighted by molar-refractivity contribution is 7.98. The first kappa shape index (κ1) is 16.2. The Kier molecular flexibility index (Phi) is 5.32. The Morgan fingerprint density at radius 3 is 2.65 bits per heavy atom. The molecule has 0 radical (unpaired) electrons. The smallest absolute Gasteiger partial charge is 0.338 e. The molecule has 0 saturated carbocycles. The van der Waals surface area contributed by atoms with E-state index in [1.54, 1.807) is 23.7 Å². The summed E-state index contributed by atoms with van der Waals surface area (Å²) in [6.45, 7) is 1.85. The van der Waals surface area contributed by atoms with Crippen molar-refractivity contribution >= 4 is 29.1 Å². The summed E-state index contributed by atoms with van der Waals surface area (Å²) in [7, 11) is 1.61. The first-order valence-corrected chi connectivity index (χ1v) is 7.12. The minimum Gasteiger partial charge on any atom is -0.478 e. The van der Waals surface area contributed by atoms with Crippen LogP contribution in [0.5, 0.6) is 0 Å². The second kappa shape index (κ2) is 6.56. The van der Waals surface area contributed by atoms with Crippen molar-refractivity contribution in [3.63, 3.8) is 0 Å². The fourth-order valence-corrected chi connectivity index (χ4v) is 2.44. The number of hydrogen-bond acceptors (Lipinski definition) is 5. The number of nitro groups is 1. The zero-order valence-corrected chi connectivity index (χ0v) is 12.1. The number of carboxylic acid groups (broad SMARTS) is 1. The zero-order chi connectivity index (χ0) is 15.4. The fourth-order valence-electron chi connectivity index (χ4n) is 1.73. The summed E-state index contributed by atoms with van der Waals surface area (Å²) in [5.41, 5.74) is -1.05. The molecule has 0 aromatic heterocycles. The van der Waals surface area contributed by atoms with Gasteiger partial charge in [0.25, 0.3) is 5.69 Å². The summed E-state index contributed by atoms with van der Waals surface area (Å²) in [6.07, 6.45) is 1.90. The first-order chi connectivity index (χ1) is 9.29. The number of nitrogens with zero attached hydrogens (tertiary/aromatic N) is 2. The molecular formula is C12H15FN2O4S. The molecule has 110 valence electrons. The quantitative estimate of drug-likeness (QED) is 0.642. The van der Waals surface area contributed by atoms with Crippen molar-refractivity contribution in [1.82, 2.24) is 0 Å². The summed E-state index contributed by atoms with van der Waals surface area (Å²) in [6, 6.07) is 1.60. The number of benzene rings is 1. The number of hydrogen-bond donors (Lipinski definition) is 1. The van der Waals surface area contributed by atoms with Crippen LogP contribution in [0, 0.1) is 15.9 Å². The average Bonchev–Trinajstić information content (AvgIpc) is 2.36. The summed E-state index contributed by atoms with van der Waals surface area (Å²) in [5, 5.41) is 19.9. The maximum absolute atomic E-state index is 13.7. The molecule has 6 nitrogen and oxygen atoms in total. The van der Waals surface area contributed by atoms with Crippen LogP contribution in [0.1, 0.15) is 17.3 Å². The van der Waals surface area contributed by atoms with E-state index in [9.17, 15) is 19.3 Å². The predicted molar refractivity (Wildman–Crippen MR) is 76.3 cm³/mol. The van der Waals surface area contributed by atoms with E-state index in [-0.39, 0.29) is 11.7 Å². The van der Waals surface area contributed by atoms with Crippen LogP contribution in [0.2, 0.25) is 0 Å². The molecule has 1 unspecified atom stereocenters. The van der Waals surface area contributed by atoms with Gasteiger partial charge in [0, 0.05) is 31.0 Å². The maximum Gasteiger partial charge on any atom is 0.338 e. The number of nitro benzene ring substituents is 1. The van der Waals surface area contributed by atoms with Gasteiger partial charge in [0.1, 0.15) is 17.1 Å². The van der Waals surface area contributed by atoms with Crippen LogP contribution in [0.25, 0.3) is 0 Å². The van der Waals surface area contributed by atoms with Gasteiger partial charge in [0.05, 0.1) is 4.92 Å². The van der Waals surface area contributed by atoms with Crippen molar-refractivity contribution in [3.8, 4) is 0 Å². The van der Waals surface area contributed by atoms with E-state index in [2.05, 4.69) is 0 Å². The van der Waals surface area contributed by atoms with Crippen molar-refractivity contribution < 1.29 is 19.2 Å². The minimum atomic E-state index is -1.53. The molecule has 1 N–H and O–H groups in total. The van der Waals surface area contributed by atoms with E-state index in [4.69, 9.17) is 5.11 Å². The Morgan fingerprint density at radius 1 is 1.60 bits per heavy atom. The Morgan fingerprint density at radius 2 is 2.20 bits per heavy atom. The lowest BCUT2D eigenvalue weighted by Gasteiger charge is -2.26. The molecule has 0 aliphatic carbocycles. The van der Waals surface area contributed by atoms with Crippen molar-refractivity contribution in [1.29, 1.82) is 0 Å². The number of carboxylic acids is 1. The molecule has 0 amide bonds. The van der Waals surface area contributed by atoms with Gasteiger partial charge < -0.3 is 10.0 Å². The highest BCUT2D eigenvalue weighted by Gasteiger charge is 2.25. The largest absolute Gasteiger partial charge is 0.478 e. The van der Waals surface area contributed by atoms with Crippen molar-refractivity contribution in [2.45, 2.75) is 13.0 Å². The van der Waals surface area contributed by atoms with Crippen LogP contribution in [-0.4, -0.2) is 41.1 Å². The summed E-state index contributed by atoms with van der Waals surface area (Å²) < 4.78 is 13.7. The minimum absolute atomic E-state index is 0.0567. The van der Waals surface area contributed by atoms with E-state index < -0.39 is 28.0 Å². The molecule has 0 saturated heterocycles. The second-order valence-electron chi connectivity index (χ2n) is 4.30. The standard InChI is InChI=1S/C12H15FN2O4S/c1-7(6-20-3)14(2)10-5-9(13)8(12(16)17)4-11(10)15(18)19/h4-5,7H,6H2,1-3H3,(H,16,17). The van der Waals surface area contributed by atoms with Crippen LogP contribution in [0.4, 0.5) is 15.8 Å². The lowest BCUT2D eigenvalue weighted by Crippen LogP contribution is -2.31. The Balaban J connectivity index is 3.35. The third-order valence-electron chi connectivity index (χ3n) is 2.94. The summed E-state index contributed by atoms with van der Waals surface area (Å²) in [4.78, 5) is 22.8. The van der Waals surface area contributed by atoms with Crippen molar-refractivity contribution in [3.05, 3.63) is 33.6 Å². The number of thioether (sulfide) groups is 1. The maximum atomic E-state index is 13.7. The molecule has 1 rings (SSSR count). The molecule has 0 fully saturated rings. The molecule has 0 aliphatic rings. The molecule has 8 heteroatoms. The zero-order valence-electron chi connectivity index (χ0n) is 11.3. The van der Waals surface area contributed by atoms with E-state index >= 15 is 0 Å². The number of rotatable bonds is 6. The van der Waals surface area contributed by atoms with Crippen LogP contribution in [-0.2, 0) is 0 Å². The molecule has 20 heavy (non-hydrogen) atoms. The van der Waals surface area contributed by atoms with Gasteiger partial charge in [-0.2, -0.15) is 11.8 Å². The van der Waals surface area contributed by atoms with Crippen LogP contribution in [0.3, 0.4) is 0 Å². The Labute approximate surface area is 119 Å².